The van der Waals surface area contributed by atoms with Crippen molar-refractivity contribution in [3.8, 4) is 0 Å². The van der Waals surface area contributed by atoms with Crippen molar-refractivity contribution in [2.45, 2.75) is 44.8 Å². The highest BCUT2D eigenvalue weighted by molar-refractivity contribution is 6.30. The van der Waals surface area contributed by atoms with E-state index in [9.17, 15) is 9.59 Å². The predicted molar refractivity (Wildman–Crippen MR) is 111 cm³/mol. The third kappa shape index (κ3) is 5.43. The number of anilines is 2. The lowest BCUT2D eigenvalue weighted by atomic mass is 9.95. The van der Waals surface area contributed by atoms with Crippen LogP contribution in [-0.2, 0) is 0 Å². The van der Waals surface area contributed by atoms with Crippen molar-refractivity contribution in [1.82, 2.24) is 15.6 Å². The molecule has 8 heteroatoms. The first-order chi connectivity index (χ1) is 13.4. The molecule has 1 aromatic carbocycles. The molecule has 0 bridgehead atoms. The van der Waals surface area contributed by atoms with Crippen molar-refractivity contribution >= 4 is 35.0 Å². The molecule has 148 valence electrons. The fourth-order valence-corrected chi connectivity index (χ4v) is 3.35. The Labute approximate surface area is 169 Å². The van der Waals surface area contributed by atoms with E-state index in [-0.39, 0.29) is 24.0 Å². The number of amides is 3. The maximum atomic E-state index is 12.4. The van der Waals surface area contributed by atoms with Crippen LogP contribution in [0.15, 0.2) is 42.6 Å². The molecular weight excluding hydrogens is 378 g/mol. The summed E-state index contributed by atoms with van der Waals surface area (Å²) in [6, 6.07) is 10.5. The second-order valence-electron chi connectivity index (χ2n) is 7.04. The first-order valence-corrected chi connectivity index (χ1v) is 9.65. The molecule has 1 aromatic heterocycles. The fraction of sp³-hybridized carbons (Fsp3) is 0.350. The number of hydrogen-bond acceptors (Lipinski definition) is 4. The minimum absolute atomic E-state index is 0.0682. The number of rotatable bonds is 4. The Hall–Kier alpha value is -2.64. The summed E-state index contributed by atoms with van der Waals surface area (Å²) in [5.41, 5.74) is 0.954. The molecule has 0 radical (unpaired) electrons. The zero-order valence-corrected chi connectivity index (χ0v) is 16.6. The van der Waals surface area contributed by atoms with Gasteiger partial charge < -0.3 is 21.3 Å². The number of carbonyl (C=O) groups is 2. The van der Waals surface area contributed by atoms with E-state index in [1.807, 2.05) is 0 Å². The number of nitrogens with zero attached hydrogens (tertiary/aromatic N) is 1. The molecule has 3 rings (SSSR count). The van der Waals surface area contributed by atoms with E-state index < -0.39 is 0 Å². The number of piperidine rings is 1. The minimum Gasteiger partial charge on any atom is -0.334 e. The van der Waals surface area contributed by atoms with Gasteiger partial charge in [-0.15, -0.1) is 0 Å². The molecule has 1 aliphatic heterocycles. The number of nitrogens with one attached hydrogen (secondary N) is 4. The van der Waals surface area contributed by atoms with Crippen molar-refractivity contribution in [3.63, 3.8) is 0 Å². The maximum Gasteiger partial charge on any atom is 0.319 e. The van der Waals surface area contributed by atoms with Gasteiger partial charge >= 0.3 is 6.03 Å². The van der Waals surface area contributed by atoms with Gasteiger partial charge in [-0.2, -0.15) is 0 Å². The first-order valence-electron chi connectivity index (χ1n) is 9.27. The second kappa shape index (κ2) is 9.03. The third-order valence-corrected chi connectivity index (χ3v) is 4.95. The summed E-state index contributed by atoms with van der Waals surface area (Å²) in [5, 5.41) is 12.4. The number of urea groups is 1. The summed E-state index contributed by atoms with van der Waals surface area (Å²) >= 11 is 5.80. The van der Waals surface area contributed by atoms with Crippen LogP contribution >= 0.6 is 11.6 Å². The van der Waals surface area contributed by atoms with E-state index in [2.05, 4.69) is 40.1 Å². The summed E-state index contributed by atoms with van der Waals surface area (Å²) in [6.07, 6.45) is 3.41. The summed E-state index contributed by atoms with van der Waals surface area (Å²) in [4.78, 5) is 28.8. The van der Waals surface area contributed by atoms with Gasteiger partial charge in [0.1, 0.15) is 5.82 Å². The lowest BCUT2D eigenvalue weighted by Gasteiger charge is -2.34. The summed E-state index contributed by atoms with van der Waals surface area (Å²) in [6.45, 7) is 4.21. The van der Waals surface area contributed by atoms with Crippen LogP contribution in [0, 0.1) is 0 Å². The van der Waals surface area contributed by atoms with Crippen LogP contribution in [0.2, 0.25) is 5.02 Å². The van der Waals surface area contributed by atoms with Gasteiger partial charge in [0.05, 0.1) is 5.02 Å². The molecule has 3 amide bonds. The van der Waals surface area contributed by atoms with E-state index in [0.717, 1.165) is 12.8 Å². The van der Waals surface area contributed by atoms with Crippen LogP contribution in [0.25, 0.3) is 0 Å². The number of pyridine rings is 1. The fourth-order valence-electron chi connectivity index (χ4n) is 3.24. The van der Waals surface area contributed by atoms with Gasteiger partial charge in [-0.1, -0.05) is 17.7 Å². The minimum atomic E-state index is -0.321. The zero-order chi connectivity index (χ0) is 20.1. The van der Waals surface area contributed by atoms with Crippen molar-refractivity contribution in [2.75, 3.05) is 10.6 Å². The molecule has 1 fully saturated rings. The number of benzene rings is 1. The van der Waals surface area contributed by atoms with Crippen LogP contribution < -0.4 is 21.3 Å². The average molecular weight is 402 g/mol. The molecule has 2 heterocycles. The lowest BCUT2D eigenvalue weighted by Crippen LogP contribution is -2.55. The van der Waals surface area contributed by atoms with Crippen LogP contribution in [0.4, 0.5) is 16.3 Å². The van der Waals surface area contributed by atoms with Gasteiger partial charge in [0.25, 0.3) is 5.91 Å². The molecule has 0 saturated carbocycles. The lowest BCUT2D eigenvalue weighted by molar-refractivity contribution is 0.102. The molecule has 0 spiro atoms. The van der Waals surface area contributed by atoms with Crippen LogP contribution in [0.3, 0.4) is 0 Å². The number of carbonyl (C=O) groups excluding carboxylic acids is 2. The van der Waals surface area contributed by atoms with Crippen molar-refractivity contribution < 1.29 is 9.59 Å². The number of aromatic nitrogens is 1. The van der Waals surface area contributed by atoms with E-state index in [1.165, 1.54) is 6.20 Å². The third-order valence-electron chi connectivity index (χ3n) is 4.73. The van der Waals surface area contributed by atoms with Crippen LogP contribution in [0.5, 0.6) is 0 Å². The van der Waals surface area contributed by atoms with E-state index in [1.54, 1.807) is 36.4 Å². The number of halogens is 1. The molecule has 0 aliphatic carbocycles. The molecule has 28 heavy (non-hydrogen) atoms. The summed E-state index contributed by atoms with van der Waals surface area (Å²) < 4.78 is 0. The number of hydrogen-bond donors (Lipinski definition) is 4. The summed E-state index contributed by atoms with van der Waals surface area (Å²) in [7, 11) is 0. The highest BCUT2D eigenvalue weighted by atomic mass is 35.5. The quantitative estimate of drug-likeness (QED) is 0.629. The summed E-state index contributed by atoms with van der Waals surface area (Å²) in [5.74, 6) is 0.0801. The van der Waals surface area contributed by atoms with Gasteiger partial charge in [0.15, 0.2) is 0 Å². The molecule has 7 nitrogen and oxygen atoms in total. The van der Waals surface area contributed by atoms with Gasteiger partial charge in [0.2, 0.25) is 0 Å². The molecule has 3 unspecified atom stereocenters. The van der Waals surface area contributed by atoms with Crippen molar-refractivity contribution in [2.24, 2.45) is 0 Å². The Bertz CT molecular complexity index is 843. The maximum absolute atomic E-state index is 12.4. The highest BCUT2D eigenvalue weighted by Gasteiger charge is 2.25. The largest absolute Gasteiger partial charge is 0.334 e. The topological polar surface area (TPSA) is 95.2 Å². The molecule has 4 N–H and O–H groups in total. The highest BCUT2D eigenvalue weighted by Crippen LogP contribution is 2.16. The average Bonchev–Trinajstić information content (AvgIpc) is 2.66. The Kier molecular flexibility index (Phi) is 6.49. The van der Waals surface area contributed by atoms with Gasteiger partial charge in [0, 0.05) is 35.6 Å². The van der Waals surface area contributed by atoms with E-state index >= 15 is 0 Å². The van der Waals surface area contributed by atoms with Crippen molar-refractivity contribution in [1.29, 1.82) is 0 Å². The second-order valence-corrected chi connectivity index (χ2v) is 7.47. The predicted octanol–water partition coefficient (Wildman–Crippen LogP) is 3.64. The van der Waals surface area contributed by atoms with Gasteiger partial charge in [-0.25, -0.2) is 9.78 Å². The smallest absolute Gasteiger partial charge is 0.319 e. The zero-order valence-electron chi connectivity index (χ0n) is 15.8. The van der Waals surface area contributed by atoms with E-state index in [0.29, 0.717) is 28.1 Å². The normalized spacial score (nSPS) is 21.6. The Morgan fingerprint density at radius 3 is 2.68 bits per heavy atom. The van der Waals surface area contributed by atoms with Crippen LogP contribution in [-0.4, -0.2) is 35.0 Å². The molecule has 1 saturated heterocycles. The molecule has 2 aromatic rings. The molecule has 3 atom stereocenters. The standard InChI is InChI=1S/C20H24ClN5O2/c1-12-6-8-17(13(2)23-12)25-20(28)24-16-5-3-4-14(10-16)19(27)26-18-9-7-15(21)11-22-18/h3-5,7,9-13,17,23H,6,8H2,1-2H3,(H,22,26,27)(H2,24,25,28). The monoisotopic (exact) mass is 401 g/mol. The Morgan fingerprint density at radius 1 is 1.14 bits per heavy atom. The molecular formula is C20H24ClN5O2. The van der Waals surface area contributed by atoms with Crippen molar-refractivity contribution in [3.05, 3.63) is 53.2 Å². The Balaban J connectivity index is 1.58. The van der Waals surface area contributed by atoms with Gasteiger partial charge in [-0.05, 0) is 57.0 Å². The molecule has 1 aliphatic rings. The Morgan fingerprint density at radius 2 is 1.96 bits per heavy atom. The van der Waals surface area contributed by atoms with E-state index in [4.69, 9.17) is 11.6 Å². The van der Waals surface area contributed by atoms with Gasteiger partial charge in [-0.3, -0.25) is 4.79 Å². The first kappa shape index (κ1) is 20.1. The SMILES string of the molecule is CC1CCC(NC(=O)Nc2cccc(C(=O)Nc3ccc(Cl)cn3)c2)C(C)N1. The van der Waals surface area contributed by atoms with Crippen LogP contribution in [0.1, 0.15) is 37.0 Å².